The molecular formula is C16H12N2O4. The van der Waals surface area contributed by atoms with E-state index >= 15 is 0 Å². The van der Waals surface area contributed by atoms with E-state index in [0.717, 1.165) is 11.1 Å². The SMILES string of the molecule is O=C1CC=C(NC(=O)C(=O)C2=CCc3ccccc32)C(=O)N1. The lowest BCUT2D eigenvalue weighted by Crippen LogP contribution is -2.42. The lowest BCUT2D eigenvalue weighted by Gasteiger charge is -2.13. The van der Waals surface area contributed by atoms with Crippen molar-refractivity contribution in [2.75, 3.05) is 0 Å². The molecule has 0 saturated heterocycles. The highest BCUT2D eigenvalue weighted by atomic mass is 16.2. The van der Waals surface area contributed by atoms with E-state index in [1.165, 1.54) is 6.08 Å². The Morgan fingerprint density at radius 2 is 1.82 bits per heavy atom. The van der Waals surface area contributed by atoms with Gasteiger partial charge in [-0.3, -0.25) is 24.5 Å². The number of hydrogen-bond donors (Lipinski definition) is 2. The molecule has 0 saturated carbocycles. The van der Waals surface area contributed by atoms with Crippen molar-refractivity contribution in [3.8, 4) is 0 Å². The normalized spacial score (nSPS) is 16.4. The quantitative estimate of drug-likeness (QED) is 0.617. The zero-order chi connectivity index (χ0) is 15.7. The fourth-order valence-electron chi connectivity index (χ4n) is 2.44. The van der Waals surface area contributed by atoms with Crippen LogP contribution in [0.2, 0.25) is 0 Å². The van der Waals surface area contributed by atoms with Crippen molar-refractivity contribution in [3.63, 3.8) is 0 Å². The molecule has 1 aromatic rings. The number of Topliss-reactive ketones (excluding diaryl/α,β-unsaturated/α-hetero) is 1. The first kappa shape index (κ1) is 13.9. The highest BCUT2D eigenvalue weighted by Gasteiger charge is 2.28. The van der Waals surface area contributed by atoms with Gasteiger partial charge in [-0.05, 0) is 23.6 Å². The predicted octanol–water partition coefficient (Wildman–Crippen LogP) is 0.242. The Hall–Kier alpha value is -3.02. The number of rotatable bonds is 3. The van der Waals surface area contributed by atoms with Gasteiger partial charge in [0, 0.05) is 12.0 Å². The maximum absolute atomic E-state index is 12.2. The van der Waals surface area contributed by atoms with Gasteiger partial charge < -0.3 is 5.32 Å². The molecule has 1 aliphatic carbocycles. The van der Waals surface area contributed by atoms with Crippen LogP contribution in [0.4, 0.5) is 0 Å². The standard InChI is InChI=1S/C16H12N2O4/c19-13-8-7-12(15(21)18-13)17-16(22)14(20)11-6-5-9-3-1-2-4-10(9)11/h1-4,6-7H,5,8H2,(H,17,22)(H,18,19,21). The molecule has 3 amide bonds. The molecule has 2 N–H and O–H groups in total. The van der Waals surface area contributed by atoms with Gasteiger partial charge in [-0.1, -0.05) is 30.3 Å². The lowest BCUT2D eigenvalue weighted by molar-refractivity contribution is -0.135. The zero-order valence-electron chi connectivity index (χ0n) is 11.5. The molecule has 1 aromatic carbocycles. The van der Waals surface area contributed by atoms with Crippen LogP contribution in [0.25, 0.3) is 5.57 Å². The summed E-state index contributed by atoms with van der Waals surface area (Å²) in [6.45, 7) is 0. The first-order valence-corrected chi connectivity index (χ1v) is 6.74. The molecule has 110 valence electrons. The van der Waals surface area contributed by atoms with Crippen LogP contribution >= 0.6 is 0 Å². The highest BCUT2D eigenvalue weighted by molar-refractivity contribution is 6.54. The number of nitrogens with one attached hydrogen (secondary N) is 2. The monoisotopic (exact) mass is 296 g/mol. The minimum Gasteiger partial charge on any atom is -0.315 e. The fourth-order valence-corrected chi connectivity index (χ4v) is 2.44. The van der Waals surface area contributed by atoms with Crippen molar-refractivity contribution in [2.24, 2.45) is 0 Å². The van der Waals surface area contributed by atoms with E-state index in [4.69, 9.17) is 0 Å². The van der Waals surface area contributed by atoms with E-state index in [1.807, 2.05) is 12.1 Å². The maximum Gasteiger partial charge on any atom is 0.296 e. The van der Waals surface area contributed by atoms with Crippen LogP contribution in [0.15, 0.2) is 42.1 Å². The van der Waals surface area contributed by atoms with Gasteiger partial charge in [0.15, 0.2) is 0 Å². The Morgan fingerprint density at radius 1 is 1.05 bits per heavy atom. The Kier molecular flexibility index (Phi) is 3.42. The third-order valence-corrected chi connectivity index (χ3v) is 3.52. The summed E-state index contributed by atoms with van der Waals surface area (Å²) >= 11 is 0. The molecule has 0 radical (unpaired) electrons. The summed E-state index contributed by atoms with van der Waals surface area (Å²) in [5.74, 6) is -2.74. The minimum atomic E-state index is -0.890. The third-order valence-electron chi connectivity index (χ3n) is 3.52. The zero-order valence-corrected chi connectivity index (χ0v) is 11.5. The van der Waals surface area contributed by atoms with Crippen LogP contribution in [0.3, 0.4) is 0 Å². The van der Waals surface area contributed by atoms with E-state index in [0.29, 0.717) is 12.0 Å². The van der Waals surface area contributed by atoms with Gasteiger partial charge in [0.1, 0.15) is 5.70 Å². The second kappa shape index (κ2) is 5.40. The van der Waals surface area contributed by atoms with Crippen molar-refractivity contribution in [1.29, 1.82) is 0 Å². The van der Waals surface area contributed by atoms with Gasteiger partial charge >= 0.3 is 0 Å². The van der Waals surface area contributed by atoms with Crippen LogP contribution in [0, 0.1) is 0 Å². The van der Waals surface area contributed by atoms with Crippen LogP contribution in [-0.2, 0) is 25.6 Å². The summed E-state index contributed by atoms with van der Waals surface area (Å²) in [5.41, 5.74) is 1.98. The summed E-state index contributed by atoms with van der Waals surface area (Å²) < 4.78 is 0. The van der Waals surface area contributed by atoms with E-state index in [9.17, 15) is 19.2 Å². The number of imide groups is 1. The second-order valence-corrected chi connectivity index (χ2v) is 4.96. The van der Waals surface area contributed by atoms with Crippen molar-refractivity contribution in [1.82, 2.24) is 10.6 Å². The lowest BCUT2D eigenvalue weighted by atomic mass is 10.0. The summed E-state index contributed by atoms with van der Waals surface area (Å²) in [6.07, 6.45) is 3.58. The number of carbonyl (C=O) groups is 4. The van der Waals surface area contributed by atoms with Gasteiger partial charge in [-0.25, -0.2) is 0 Å². The first-order valence-electron chi connectivity index (χ1n) is 6.74. The molecule has 0 fully saturated rings. The number of hydrogen-bond acceptors (Lipinski definition) is 4. The van der Waals surface area contributed by atoms with Gasteiger partial charge in [0.25, 0.3) is 17.6 Å². The molecule has 2 aliphatic rings. The summed E-state index contributed by atoms with van der Waals surface area (Å²) in [7, 11) is 0. The van der Waals surface area contributed by atoms with Crippen LogP contribution in [-0.4, -0.2) is 23.5 Å². The molecule has 0 bridgehead atoms. The number of allylic oxidation sites excluding steroid dienone is 1. The first-order chi connectivity index (χ1) is 10.6. The largest absolute Gasteiger partial charge is 0.315 e. The van der Waals surface area contributed by atoms with Gasteiger partial charge in [-0.2, -0.15) is 0 Å². The van der Waals surface area contributed by atoms with E-state index in [2.05, 4.69) is 10.6 Å². The van der Waals surface area contributed by atoms with E-state index in [-0.39, 0.29) is 12.1 Å². The molecule has 3 rings (SSSR count). The Balaban J connectivity index is 1.75. The fraction of sp³-hybridized carbons (Fsp3) is 0.125. The summed E-state index contributed by atoms with van der Waals surface area (Å²) in [4.78, 5) is 46.8. The van der Waals surface area contributed by atoms with Crippen LogP contribution < -0.4 is 10.6 Å². The average molecular weight is 296 g/mol. The predicted molar refractivity (Wildman–Crippen MR) is 77.1 cm³/mol. The number of benzene rings is 1. The summed E-state index contributed by atoms with van der Waals surface area (Å²) in [5, 5.41) is 4.34. The molecule has 0 atom stereocenters. The Bertz CT molecular complexity index is 774. The van der Waals surface area contributed by atoms with Crippen molar-refractivity contribution < 1.29 is 19.2 Å². The van der Waals surface area contributed by atoms with Gasteiger partial charge in [-0.15, -0.1) is 0 Å². The molecule has 0 spiro atoms. The highest BCUT2D eigenvalue weighted by Crippen LogP contribution is 2.27. The molecule has 0 aromatic heterocycles. The van der Waals surface area contributed by atoms with Gasteiger partial charge in [0.2, 0.25) is 5.91 Å². The molecule has 1 heterocycles. The van der Waals surface area contributed by atoms with Crippen molar-refractivity contribution in [2.45, 2.75) is 12.8 Å². The molecule has 6 heteroatoms. The molecule has 22 heavy (non-hydrogen) atoms. The maximum atomic E-state index is 12.2. The molecule has 0 unspecified atom stereocenters. The van der Waals surface area contributed by atoms with Gasteiger partial charge in [0.05, 0.1) is 0 Å². The Morgan fingerprint density at radius 3 is 2.59 bits per heavy atom. The second-order valence-electron chi connectivity index (χ2n) is 4.96. The van der Waals surface area contributed by atoms with E-state index < -0.39 is 23.5 Å². The number of amides is 3. The number of fused-ring (bicyclic) bond motifs is 1. The molecular weight excluding hydrogens is 284 g/mol. The molecule has 1 aliphatic heterocycles. The third kappa shape index (κ3) is 2.46. The average Bonchev–Trinajstić information content (AvgIpc) is 2.93. The summed E-state index contributed by atoms with van der Waals surface area (Å²) in [6, 6.07) is 7.34. The Labute approximate surface area is 125 Å². The number of ketones is 1. The van der Waals surface area contributed by atoms with Crippen molar-refractivity contribution >= 4 is 29.1 Å². The smallest absolute Gasteiger partial charge is 0.296 e. The minimum absolute atomic E-state index is 0.0128. The molecule has 6 nitrogen and oxygen atoms in total. The van der Waals surface area contributed by atoms with Crippen molar-refractivity contribution in [3.05, 3.63) is 53.2 Å². The van der Waals surface area contributed by atoms with Crippen LogP contribution in [0.5, 0.6) is 0 Å². The van der Waals surface area contributed by atoms with Crippen LogP contribution in [0.1, 0.15) is 17.5 Å². The number of carbonyl (C=O) groups excluding carboxylic acids is 4. The topological polar surface area (TPSA) is 92.3 Å². The van der Waals surface area contributed by atoms with E-state index in [1.54, 1.807) is 18.2 Å².